The van der Waals surface area contributed by atoms with Crippen LogP contribution >= 0.6 is 0 Å². The van der Waals surface area contributed by atoms with Gasteiger partial charge in [-0.05, 0) is 42.8 Å². The van der Waals surface area contributed by atoms with Crippen LogP contribution in [0.4, 0.5) is 11.4 Å². The SMILES string of the molecule is COc1ccc(C(=O)Nc2cccc(NC(C)=O)c2C)cc1OC. The van der Waals surface area contributed by atoms with Crippen molar-refractivity contribution < 1.29 is 19.1 Å². The van der Waals surface area contributed by atoms with Gasteiger partial charge < -0.3 is 20.1 Å². The molecule has 0 atom stereocenters. The van der Waals surface area contributed by atoms with Crippen molar-refractivity contribution in [3.05, 3.63) is 47.5 Å². The molecule has 2 aromatic rings. The minimum absolute atomic E-state index is 0.165. The first-order valence-corrected chi connectivity index (χ1v) is 7.37. The number of nitrogens with one attached hydrogen (secondary N) is 2. The highest BCUT2D eigenvalue weighted by atomic mass is 16.5. The normalized spacial score (nSPS) is 10.0. The summed E-state index contributed by atoms with van der Waals surface area (Å²) in [6.07, 6.45) is 0. The molecule has 0 aromatic heterocycles. The molecule has 0 saturated heterocycles. The van der Waals surface area contributed by atoms with E-state index in [4.69, 9.17) is 9.47 Å². The molecule has 0 heterocycles. The van der Waals surface area contributed by atoms with E-state index in [0.717, 1.165) is 5.56 Å². The monoisotopic (exact) mass is 328 g/mol. The standard InChI is InChI=1S/C18H20N2O4/c1-11-14(19-12(2)21)6-5-7-15(11)20-18(22)13-8-9-16(23-3)17(10-13)24-4/h5-10H,1-4H3,(H,19,21)(H,20,22). The number of amides is 2. The van der Waals surface area contributed by atoms with Crippen molar-refractivity contribution in [2.24, 2.45) is 0 Å². The van der Waals surface area contributed by atoms with Crippen LogP contribution in [0, 0.1) is 6.92 Å². The summed E-state index contributed by atoms with van der Waals surface area (Å²) >= 11 is 0. The molecule has 0 unspecified atom stereocenters. The van der Waals surface area contributed by atoms with Crippen LogP contribution in [0.1, 0.15) is 22.8 Å². The zero-order valence-corrected chi connectivity index (χ0v) is 14.1. The Morgan fingerprint density at radius 3 is 2.12 bits per heavy atom. The first-order valence-electron chi connectivity index (χ1n) is 7.37. The minimum Gasteiger partial charge on any atom is -0.493 e. The van der Waals surface area contributed by atoms with Crippen LogP contribution in [0.3, 0.4) is 0 Å². The van der Waals surface area contributed by atoms with Gasteiger partial charge in [0.05, 0.1) is 14.2 Å². The predicted molar refractivity (Wildman–Crippen MR) is 93.0 cm³/mol. The van der Waals surface area contributed by atoms with Gasteiger partial charge in [-0.3, -0.25) is 9.59 Å². The summed E-state index contributed by atoms with van der Waals surface area (Å²) < 4.78 is 10.4. The topological polar surface area (TPSA) is 76.7 Å². The van der Waals surface area contributed by atoms with Crippen LogP contribution in [0.5, 0.6) is 11.5 Å². The predicted octanol–water partition coefficient (Wildman–Crippen LogP) is 3.22. The molecule has 2 rings (SSSR count). The fourth-order valence-corrected chi connectivity index (χ4v) is 2.27. The highest BCUT2D eigenvalue weighted by Gasteiger charge is 2.13. The molecule has 2 aromatic carbocycles. The van der Waals surface area contributed by atoms with Gasteiger partial charge in [0, 0.05) is 23.9 Å². The number of benzene rings is 2. The molecule has 0 aliphatic carbocycles. The molecule has 0 aliphatic heterocycles. The number of carbonyl (C=O) groups is 2. The van der Waals surface area contributed by atoms with E-state index in [1.807, 2.05) is 6.92 Å². The Kier molecular flexibility index (Phi) is 5.42. The van der Waals surface area contributed by atoms with Gasteiger partial charge in [-0.25, -0.2) is 0 Å². The molecule has 6 nitrogen and oxygen atoms in total. The van der Waals surface area contributed by atoms with Crippen molar-refractivity contribution in [1.82, 2.24) is 0 Å². The fourth-order valence-electron chi connectivity index (χ4n) is 2.27. The number of carbonyl (C=O) groups excluding carboxylic acids is 2. The molecule has 2 N–H and O–H groups in total. The highest BCUT2D eigenvalue weighted by molar-refractivity contribution is 6.05. The van der Waals surface area contributed by atoms with Gasteiger partial charge >= 0.3 is 0 Å². The van der Waals surface area contributed by atoms with Crippen molar-refractivity contribution in [3.63, 3.8) is 0 Å². The summed E-state index contributed by atoms with van der Waals surface area (Å²) in [5.74, 6) is 0.590. The molecule has 6 heteroatoms. The van der Waals surface area contributed by atoms with Gasteiger partial charge in [0.1, 0.15) is 0 Å². The second kappa shape index (κ2) is 7.50. The van der Waals surface area contributed by atoms with Gasteiger partial charge in [0.25, 0.3) is 5.91 Å². The van der Waals surface area contributed by atoms with Crippen LogP contribution in [-0.4, -0.2) is 26.0 Å². The van der Waals surface area contributed by atoms with E-state index in [-0.39, 0.29) is 11.8 Å². The Labute approximate surface area is 140 Å². The van der Waals surface area contributed by atoms with E-state index < -0.39 is 0 Å². The molecule has 0 radical (unpaired) electrons. The fraction of sp³-hybridized carbons (Fsp3) is 0.222. The summed E-state index contributed by atoms with van der Waals surface area (Å²) in [6.45, 7) is 3.27. The molecule has 0 aliphatic rings. The van der Waals surface area contributed by atoms with Gasteiger partial charge in [0.15, 0.2) is 11.5 Å². The Morgan fingerprint density at radius 2 is 1.54 bits per heavy atom. The lowest BCUT2D eigenvalue weighted by molar-refractivity contribution is -0.114. The second-order valence-corrected chi connectivity index (χ2v) is 5.18. The van der Waals surface area contributed by atoms with Gasteiger partial charge in [-0.1, -0.05) is 6.07 Å². The lowest BCUT2D eigenvalue weighted by Gasteiger charge is -2.13. The Balaban J connectivity index is 2.25. The van der Waals surface area contributed by atoms with E-state index in [0.29, 0.717) is 28.4 Å². The first kappa shape index (κ1) is 17.3. The third kappa shape index (κ3) is 3.84. The molecule has 0 saturated carbocycles. The van der Waals surface area contributed by atoms with Crippen molar-refractivity contribution in [1.29, 1.82) is 0 Å². The van der Waals surface area contributed by atoms with Crippen molar-refractivity contribution in [2.75, 3.05) is 24.9 Å². The number of anilines is 2. The van der Waals surface area contributed by atoms with Crippen LogP contribution in [0.2, 0.25) is 0 Å². The maximum Gasteiger partial charge on any atom is 0.255 e. The largest absolute Gasteiger partial charge is 0.493 e. The molecular weight excluding hydrogens is 308 g/mol. The summed E-state index contributed by atoms with van der Waals surface area (Å²) in [5.41, 5.74) is 2.51. The number of methoxy groups -OCH3 is 2. The van der Waals surface area contributed by atoms with Crippen LogP contribution in [0.25, 0.3) is 0 Å². The zero-order valence-electron chi connectivity index (χ0n) is 14.1. The lowest BCUT2D eigenvalue weighted by atomic mass is 10.1. The molecular formula is C18H20N2O4. The van der Waals surface area contributed by atoms with Crippen molar-refractivity contribution in [3.8, 4) is 11.5 Å². The van der Waals surface area contributed by atoms with E-state index in [9.17, 15) is 9.59 Å². The maximum absolute atomic E-state index is 12.5. The van der Waals surface area contributed by atoms with Gasteiger partial charge in [-0.2, -0.15) is 0 Å². The number of hydrogen-bond donors (Lipinski definition) is 2. The average molecular weight is 328 g/mol. The van der Waals surface area contributed by atoms with Crippen LogP contribution < -0.4 is 20.1 Å². The summed E-state index contributed by atoms with van der Waals surface area (Å²) in [5, 5.41) is 5.58. The summed E-state index contributed by atoms with van der Waals surface area (Å²) in [7, 11) is 3.05. The Hall–Kier alpha value is -3.02. The molecule has 0 fully saturated rings. The Morgan fingerprint density at radius 1 is 0.917 bits per heavy atom. The molecule has 24 heavy (non-hydrogen) atoms. The number of ether oxygens (including phenoxy) is 2. The van der Waals surface area contributed by atoms with Crippen LogP contribution in [-0.2, 0) is 4.79 Å². The number of hydrogen-bond acceptors (Lipinski definition) is 4. The third-order valence-corrected chi connectivity index (χ3v) is 3.54. The smallest absolute Gasteiger partial charge is 0.255 e. The minimum atomic E-state index is -0.279. The van der Waals surface area contributed by atoms with Gasteiger partial charge in [-0.15, -0.1) is 0 Å². The third-order valence-electron chi connectivity index (χ3n) is 3.54. The van der Waals surface area contributed by atoms with Gasteiger partial charge in [0.2, 0.25) is 5.91 Å². The summed E-state index contributed by atoms with van der Waals surface area (Å²) in [6, 6.07) is 10.3. The van der Waals surface area contributed by atoms with Crippen molar-refractivity contribution in [2.45, 2.75) is 13.8 Å². The van der Waals surface area contributed by atoms with E-state index in [1.54, 1.807) is 36.4 Å². The second-order valence-electron chi connectivity index (χ2n) is 5.18. The Bertz CT molecular complexity index is 772. The van der Waals surface area contributed by atoms with E-state index in [1.165, 1.54) is 21.1 Å². The van der Waals surface area contributed by atoms with E-state index in [2.05, 4.69) is 10.6 Å². The molecule has 126 valence electrons. The summed E-state index contributed by atoms with van der Waals surface area (Å²) in [4.78, 5) is 23.7. The average Bonchev–Trinajstić information content (AvgIpc) is 2.57. The van der Waals surface area contributed by atoms with Crippen LogP contribution in [0.15, 0.2) is 36.4 Å². The molecule has 2 amide bonds. The van der Waals surface area contributed by atoms with E-state index >= 15 is 0 Å². The molecule has 0 spiro atoms. The zero-order chi connectivity index (χ0) is 17.7. The number of rotatable bonds is 5. The van der Waals surface area contributed by atoms with Crippen molar-refractivity contribution >= 4 is 23.2 Å². The lowest BCUT2D eigenvalue weighted by Crippen LogP contribution is -2.14. The first-order chi connectivity index (χ1) is 11.5. The highest BCUT2D eigenvalue weighted by Crippen LogP contribution is 2.28. The molecule has 0 bridgehead atoms. The quantitative estimate of drug-likeness (QED) is 0.883. The maximum atomic E-state index is 12.5.